The van der Waals surface area contributed by atoms with Crippen molar-refractivity contribution in [3.05, 3.63) is 12.7 Å². The Balaban J connectivity index is 4.83. The normalized spacial score (nSPS) is 17.1. The molecule has 0 rings (SSSR count). The molecule has 3 nitrogen and oxygen atoms in total. The first-order valence-corrected chi connectivity index (χ1v) is 5.88. The van der Waals surface area contributed by atoms with Gasteiger partial charge in [-0.2, -0.15) is 13.2 Å². The molecule has 0 heterocycles. The van der Waals surface area contributed by atoms with E-state index in [-0.39, 0.29) is 6.42 Å². The number of sulfonamides is 1. The SMILES string of the molecule is C=CCC(C)C(CC(F)(F)F)S(N)(=O)=O. The van der Waals surface area contributed by atoms with Crippen molar-refractivity contribution in [2.75, 3.05) is 0 Å². The van der Waals surface area contributed by atoms with Gasteiger partial charge in [0.25, 0.3) is 0 Å². The minimum Gasteiger partial charge on any atom is -0.228 e. The molecule has 2 atom stereocenters. The van der Waals surface area contributed by atoms with Crippen molar-refractivity contribution in [3.63, 3.8) is 0 Å². The number of rotatable bonds is 5. The van der Waals surface area contributed by atoms with Crippen LogP contribution in [0, 0.1) is 5.92 Å². The first kappa shape index (κ1) is 14.4. The fourth-order valence-corrected chi connectivity index (χ4v) is 2.46. The Kier molecular flexibility index (Phi) is 4.79. The van der Waals surface area contributed by atoms with Gasteiger partial charge < -0.3 is 0 Å². The smallest absolute Gasteiger partial charge is 0.228 e. The Morgan fingerprint density at radius 3 is 2.20 bits per heavy atom. The molecule has 15 heavy (non-hydrogen) atoms. The summed E-state index contributed by atoms with van der Waals surface area (Å²) in [6.07, 6.45) is -4.40. The Hall–Kier alpha value is -0.560. The maximum atomic E-state index is 12.1. The van der Waals surface area contributed by atoms with E-state index in [0.29, 0.717) is 0 Å². The largest absolute Gasteiger partial charge is 0.390 e. The molecule has 0 bridgehead atoms. The molecule has 0 fully saturated rings. The zero-order chi connectivity index (χ0) is 12.3. The molecule has 0 spiro atoms. The van der Waals surface area contributed by atoms with Gasteiger partial charge in [0, 0.05) is 0 Å². The summed E-state index contributed by atoms with van der Waals surface area (Å²) in [6, 6.07) is 0. The van der Waals surface area contributed by atoms with Crippen molar-refractivity contribution < 1.29 is 21.6 Å². The van der Waals surface area contributed by atoms with Crippen LogP contribution in [0.1, 0.15) is 19.8 Å². The van der Waals surface area contributed by atoms with Crippen LogP contribution in [0.15, 0.2) is 12.7 Å². The Labute approximate surface area is 87.2 Å². The quantitative estimate of drug-likeness (QED) is 0.751. The van der Waals surface area contributed by atoms with Gasteiger partial charge in [0.2, 0.25) is 10.0 Å². The van der Waals surface area contributed by atoms with Crippen LogP contribution in [0.3, 0.4) is 0 Å². The maximum absolute atomic E-state index is 12.1. The van der Waals surface area contributed by atoms with E-state index in [1.807, 2.05) is 0 Å². The highest BCUT2D eigenvalue weighted by molar-refractivity contribution is 7.89. The summed E-state index contributed by atoms with van der Waals surface area (Å²) >= 11 is 0. The molecule has 0 aliphatic heterocycles. The van der Waals surface area contributed by atoms with Crippen molar-refractivity contribution in [1.29, 1.82) is 0 Å². The lowest BCUT2D eigenvalue weighted by molar-refractivity contribution is -0.136. The van der Waals surface area contributed by atoms with Gasteiger partial charge in [0.1, 0.15) is 0 Å². The van der Waals surface area contributed by atoms with Gasteiger partial charge in [-0.3, -0.25) is 0 Å². The molecule has 0 aliphatic carbocycles. The topological polar surface area (TPSA) is 60.2 Å². The van der Waals surface area contributed by atoms with Gasteiger partial charge >= 0.3 is 6.18 Å². The highest BCUT2D eigenvalue weighted by Gasteiger charge is 2.39. The number of hydrogen-bond donors (Lipinski definition) is 1. The third-order valence-electron chi connectivity index (χ3n) is 2.03. The number of hydrogen-bond acceptors (Lipinski definition) is 2. The van der Waals surface area contributed by atoms with Crippen LogP contribution in [0.4, 0.5) is 13.2 Å². The molecule has 0 amide bonds. The van der Waals surface area contributed by atoms with Crippen molar-refractivity contribution in [3.8, 4) is 0 Å². The van der Waals surface area contributed by atoms with E-state index in [0.717, 1.165) is 0 Å². The molecule has 2 N–H and O–H groups in total. The van der Waals surface area contributed by atoms with E-state index in [1.165, 1.54) is 13.0 Å². The number of alkyl halides is 3. The standard InChI is InChI=1S/C8H14F3NO2S/c1-3-4-6(2)7(15(12,13)14)5-8(9,10)11/h3,6-7H,1,4-5H2,2H3,(H2,12,13,14). The van der Waals surface area contributed by atoms with Crippen LogP contribution in [0.2, 0.25) is 0 Å². The fourth-order valence-electron chi connectivity index (χ4n) is 1.28. The van der Waals surface area contributed by atoms with Gasteiger partial charge in [-0.15, -0.1) is 6.58 Å². The van der Waals surface area contributed by atoms with Crippen LogP contribution in [-0.2, 0) is 10.0 Å². The van der Waals surface area contributed by atoms with E-state index in [9.17, 15) is 21.6 Å². The second kappa shape index (κ2) is 4.98. The van der Waals surface area contributed by atoms with E-state index in [2.05, 4.69) is 6.58 Å². The third kappa shape index (κ3) is 5.78. The first-order valence-electron chi connectivity index (χ1n) is 4.27. The van der Waals surface area contributed by atoms with Crippen LogP contribution >= 0.6 is 0 Å². The lowest BCUT2D eigenvalue weighted by atomic mass is 10.0. The zero-order valence-corrected chi connectivity index (χ0v) is 9.11. The van der Waals surface area contributed by atoms with E-state index in [1.54, 1.807) is 0 Å². The second-order valence-corrected chi connectivity index (χ2v) is 5.23. The van der Waals surface area contributed by atoms with Crippen LogP contribution in [0.25, 0.3) is 0 Å². The zero-order valence-electron chi connectivity index (χ0n) is 8.29. The Morgan fingerprint density at radius 2 is 1.93 bits per heavy atom. The lowest BCUT2D eigenvalue weighted by Crippen LogP contribution is -2.37. The molecule has 2 unspecified atom stereocenters. The van der Waals surface area contributed by atoms with Crippen molar-refractivity contribution >= 4 is 10.0 Å². The Bertz CT molecular complexity index is 310. The predicted octanol–water partition coefficient (Wildman–Crippen LogP) is 1.81. The molecule has 0 aromatic rings. The summed E-state index contributed by atoms with van der Waals surface area (Å²) < 4.78 is 58.2. The van der Waals surface area contributed by atoms with Gasteiger partial charge in [0.05, 0.1) is 11.7 Å². The summed E-state index contributed by atoms with van der Waals surface area (Å²) in [4.78, 5) is 0. The van der Waals surface area contributed by atoms with Gasteiger partial charge in [-0.05, 0) is 12.3 Å². The van der Waals surface area contributed by atoms with E-state index < -0.39 is 33.8 Å². The minimum atomic E-state index is -4.54. The maximum Gasteiger partial charge on any atom is 0.390 e. The number of halogens is 3. The fraction of sp³-hybridized carbons (Fsp3) is 0.750. The molecule has 0 saturated heterocycles. The molecule has 90 valence electrons. The van der Waals surface area contributed by atoms with Gasteiger partial charge in [0.15, 0.2) is 0 Å². The minimum absolute atomic E-state index is 0.178. The highest BCUT2D eigenvalue weighted by Crippen LogP contribution is 2.29. The molecule has 7 heteroatoms. The number of allylic oxidation sites excluding steroid dienone is 1. The van der Waals surface area contributed by atoms with Crippen molar-refractivity contribution in [1.82, 2.24) is 0 Å². The first-order chi connectivity index (χ1) is 6.58. The van der Waals surface area contributed by atoms with Gasteiger partial charge in [-0.1, -0.05) is 13.0 Å². The molecule has 0 aliphatic rings. The summed E-state index contributed by atoms with van der Waals surface area (Å²) in [6.45, 7) is 4.75. The molecule has 0 saturated carbocycles. The van der Waals surface area contributed by atoms with Crippen LogP contribution in [-0.4, -0.2) is 19.8 Å². The highest BCUT2D eigenvalue weighted by atomic mass is 32.2. The summed E-state index contributed by atoms with van der Waals surface area (Å²) in [7, 11) is -4.19. The molecular weight excluding hydrogens is 231 g/mol. The van der Waals surface area contributed by atoms with Gasteiger partial charge in [-0.25, -0.2) is 13.6 Å². The number of nitrogens with two attached hydrogens (primary N) is 1. The molecule has 0 radical (unpaired) electrons. The second-order valence-electron chi connectivity index (χ2n) is 3.45. The predicted molar refractivity (Wildman–Crippen MR) is 51.5 cm³/mol. The summed E-state index contributed by atoms with van der Waals surface area (Å²) in [5.41, 5.74) is 0. The van der Waals surface area contributed by atoms with Crippen LogP contribution in [0.5, 0.6) is 0 Å². The average molecular weight is 245 g/mol. The molecule has 0 aromatic carbocycles. The summed E-state index contributed by atoms with van der Waals surface area (Å²) in [5, 5.41) is 3.15. The monoisotopic (exact) mass is 245 g/mol. The summed E-state index contributed by atoms with van der Waals surface area (Å²) in [5.74, 6) is -0.695. The Morgan fingerprint density at radius 1 is 1.47 bits per heavy atom. The van der Waals surface area contributed by atoms with E-state index >= 15 is 0 Å². The van der Waals surface area contributed by atoms with Crippen molar-refractivity contribution in [2.24, 2.45) is 11.1 Å². The van der Waals surface area contributed by atoms with Crippen LogP contribution < -0.4 is 5.14 Å². The molecular formula is C8H14F3NO2S. The number of primary sulfonamides is 1. The van der Waals surface area contributed by atoms with Crippen molar-refractivity contribution in [2.45, 2.75) is 31.2 Å². The van der Waals surface area contributed by atoms with E-state index in [4.69, 9.17) is 5.14 Å². The third-order valence-corrected chi connectivity index (χ3v) is 3.50. The molecule has 0 aromatic heterocycles. The lowest BCUT2D eigenvalue weighted by Gasteiger charge is -2.22. The average Bonchev–Trinajstić information content (AvgIpc) is 1.97.